The summed E-state index contributed by atoms with van der Waals surface area (Å²) in [4.78, 5) is 0. The standard InChI is InChI=1S/C16H22ClN3/c1-11-6-7-13(17)8-14(11)18-9-12-10-20(5)19-15(12)16(2,3)4/h6-8,10,18H,9H2,1-5H3. The molecule has 4 heteroatoms. The maximum absolute atomic E-state index is 6.05. The summed E-state index contributed by atoms with van der Waals surface area (Å²) in [6.45, 7) is 9.38. The Kier molecular flexibility index (Phi) is 4.09. The van der Waals surface area contributed by atoms with Crippen molar-refractivity contribution in [1.82, 2.24) is 9.78 Å². The second kappa shape index (κ2) is 5.49. The van der Waals surface area contributed by atoms with E-state index in [0.717, 1.165) is 22.9 Å². The average molecular weight is 292 g/mol. The topological polar surface area (TPSA) is 29.9 Å². The van der Waals surface area contributed by atoms with E-state index in [2.05, 4.69) is 44.3 Å². The number of aromatic nitrogens is 2. The van der Waals surface area contributed by atoms with Crippen LogP contribution < -0.4 is 5.32 Å². The average Bonchev–Trinajstić information content (AvgIpc) is 2.72. The minimum absolute atomic E-state index is 0.0433. The normalized spacial score (nSPS) is 11.7. The van der Waals surface area contributed by atoms with Crippen LogP contribution in [0.5, 0.6) is 0 Å². The van der Waals surface area contributed by atoms with Crippen molar-refractivity contribution < 1.29 is 0 Å². The second-order valence-corrected chi connectivity index (χ2v) is 6.68. The molecule has 0 unspecified atom stereocenters. The molecule has 0 atom stereocenters. The number of nitrogens with one attached hydrogen (secondary N) is 1. The van der Waals surface area contributed by atoms with Crippen LogP contribution in [0.15, 0.2) is 24.4 Å². The Morgan fingerprint density at radius 2 is 2.00 bits per heavy atom. The highest BCUT2D eigenvalue weighted by Crippen LogP contribution is 2.26. The Morgan fingerprint density at radius 3 is 2.65 bits per heavy atom. The first kappa shape index (κ1) is 14.9. The highest BCUT2D eigenvalue weighted by molar-refractivity contribution is 6.30. The van der Waals surface area contributed by atoms with E-state index in [1.807, 2.05) is 29.9 Å². The van der Waals surface area contributed by atoms with Gasteiger partial charge in [-0.1, -0.05) is 38.4 Å². The Morgan fingerprint density at radius 1 is 1.30 bits per heavy atom. The fourth-order valence-electron chi connectivity index (χ4n) is 2.27. The van der Waals surface area contributed by atoms with E-state index >= 15 is 0 Å². The number of aryl methyl sites for hydroxylation is 2. The first-order valence-electron chi connectivity index (χ1n) is 6.80. The maximum atomic E-state index is 6.05. The quantitative estimate of drug-likeness (QED) is 0.914. The fraction of sp³-hybridized carbons (Fsp3) is 0.438. The van der Waals surface area contributed by atoms with Crippen LogP contribution in [0.3, 0.4) is 0 Å². The third kappa shape index (κ3) is 3.34. The van der Waals surface area contributed by atoms with E-state index in [-0.39, 0.29) is 5.41 Å². The molecule has 2 rings (SSSR count). The molecule has 0 saturated carbocycles. The van der Waals surface area contributed by atoms with Gasteiger partial charge in [0.15, 0.2) is 0 Å². The number of hydrogen-bond donors (Lipinski definition) is 1. The fourth-order valence-corrected chi connectivity index (χ4v) is 2.45. The van der Waals surface area contributed by atoms with Crippen LogP contribution >= 0.6 is 11.6 Å². The van der Waals surface area contributed by atoms with Gasteiger partial charge in [-0.3, -0.25) is 4.68 Å². The van der Waals surface area contributed by atoms with Crippen LogP contribution in [0.1, 0.15) is 37.6 Å². The van der Waals surface area contributed by atoms with Crippen molar-refractivity contribution in [3.63, 3.8) is 0 Å². The molecule has 0 bridgehead atoms. The summed E-state index contributed by atoms with van der Waals surface area (Å²) in [7, 11) is 1.96. The largest absolute Gasteiger partial charge is 0.381 e. The second-order valence-electron chi connectivity index (χ2n) is 6.24. The van der Waals surface area contributed by atoms with Crippen molar-refractivity contribution >= 4 is 17.3 Å². The molecule has 0 spiro atoms. The summed E-state index contributed by atoms with van der Waals surface area (Å²) >= 11 is 6.05. The van der Waals surface area contributed by atoms with Gasteiger partial charge in [0, 0.05) is 41.5 Å². The molecule has 1 N–H and O–H groups in total. The molecular weight excluding hydrogens is 270 g/mol. The summed E-state index contributed by atoms with van der Waals surface area (Å²) in [6.07, 6.45) is 2.08. The van der Waals surface area contributed by atoms with E-state index in [9.17, 15) is 0 Å². The molecule has 2 aromatic rings. The summed E-state index contributed by atoms with van der Waals surface area (Å²) in [5.41, 5.74) is 4.66. The third-order valence-corrected chi connectivity index (χ3v) is 3.52. The van der Waals surface area contributed by atoms with E-state index in [1.54, 1.807) is 0 Å². The van der Waals surface area contributed by atoms with Gasteiger partial charge in [0.2, 0.25) is 0 Å². The highest BCUT2D eigenvalue weighted by atomic mass is 35.5. The number of rotatable bonds is 3. The van der Waals surface area contributed by atoms with Gasteiger partial charge >= 0.3 is 0 Å². The zero-order valence-corrected chi connectivity index (χ0v) is 13.5. The van der Waals surface area contributed by atoms with Crippen LogP contribution in [0.2, 0.25) is 5.02 Å². The number of hydrogen-bond acceptors (Lipinski definition) is 2. The lowest BCUT2D eigenvalue weighted by Gasteiger charge is -2.18. The molecule has 0 aliphatic rings. The minimum Gasteiger partial charge on any atom is -0.381 e. The number of benzene rings is 1. The molecule has 1 aromatic carbocycles. The van der Waals surface area contributed by atoms with Crippen molar-refractivity contribution in [1.29, 1.82) is 0 Å². The zero-order valence-electron chi connectivity index (χ0n) is 12.8. The van der Waals surface area contributed by atoms with Gasteiger partial charge in [-0.2, -0.15) is 5.10 Å². The molecule has 0 aliphatic heterocycles. The monoisotopic (exact) mass is 291 g/mol. The third-order valence-electron chi connectivity index (χ3n) is 3.28. The van der Waals surface area contributed by atoms with E-state index in [4.69, 9.17) is 11.6 Å². The molecule has 20 heavy (non-hydrogen) atoms. The summed E-state index contributed by atoms with van der Waals surface area (Å²) < 4.78 is 1.88. The Labute approximate surface area is 126 Å². The Bertz CT molecular complexity index is 609. The van der Waals surface area contributed by atoms with Gasteiger partial charge < -0.3 is 5.32 Å². The predicted molar refractivity (Wildman–Crippen MR) is 85.4 cm³/mol. The SMILES string of the molecule is Cc1ccc(Cl)cc1NCc1cn(C)nc1C(C)(C)C. The highest BCUT2D eigenvalue weighted by Gasteiger charge is 2.21. The predicted octanol–water partition coefficient (Wildman–Crippen LogP) is 4.29. The maximum Gasteiger partial charge on any atom is 0.0727 e. The summed E-state index contributed by atoms with van der Waals surface area (Å²) in [6, 6.07) is 5.90. The van der Waals surface area contributed by atoms with Crippen molar-refractivity contribution in [2.45, 2.75) is 39.7 Å². The summed E-state index contributed by atoms with van der Waals surface area (Å²) in [5, 5.41) is 8.79. The molecule has 108 valence electrons. The smallest absolute Gasteiger partial charge is 0.0727 e. The molecule has 0 aliphatic carbocycles. The van der Waals surface area contributed by atoms with Crippen molar-refractivity contribution in [3.05, 3.63) is 46.2 Å². The number of nitrogens with zero attached hydrogens (tertiary/aromatic N) is 2. The Hall–Kier alpha value is -1.48. The zero-order chi connectivity index (χ0) is 14.9. The Balaban J connectivity index is 2.21. The van der Waals surface area contributed by atoms with E-state index in [1.165, 1.54) is 11.1 Å². The van der Waals surface area contributed by atoms with Crippen LogP contribution in [0, 0.1) is 6.92 Å². The molecule has 1 aromatic heterocycles. The van der Waals surface area contributed by atoms with Gasteiger partial charge in [0.25, 0.3) is 0 Å². The van der Waals surface area contributed by atoms with Gasteiger partial charge in [-0.25, -0.2) is 0 Å². The minimum atomic E-state index is 0.0433. The van der Waals surface area contributed by atoms with Crippen LogP contribution in [0.4, 0.5) is 5.69 Å². The first-order chi connectivity index (χ1) is 9.27. The molecule has 0 saturated heterocycles. The van der Waals surface area contributed by atoms with E-state index < -0.39 is 0 Å². The lowest BCUT2D eigenvalue weighted by Crippen LogP contribution is -2.16. The molecule has 0 amide bonds. The van der Waals surface area contributed by atoms with Crippen LogP contribution in [-0.2, 0) is 19.0 Å². The lowest BCUT2D eigenvalue weighted by molar-refractivity contribution is 0.549. The van der Waals surface area contributed by atoms with Gasteiger partial charge in [0.1, 0.15) is 0 Å². The van der Waals surface area contributed by atoms with Crippen LogP contribution in [-0.4, -0.2) is 9.78 Å². The van der Waals surface area contributed by atoms with Crippen molar-refractivity contribution in [2.24, 2.45) is 7.05 Å². The van der Waals surface area contributed by atoms with Gasteiger partial charge in [-0.05, 0) is 24.6 Å². The molecule has 3 nitrogen and oxygen atoms in total. The van der Waals surface area contributed by atoms with E-state index in [0.29, 0.717) is 0 Å². The van der Waals surface area contributed by atoms with Gasteiger partial charge in [0.05, 0.1) is 5.69 Å². The molecule has 1 heterocycles. The van der Waals surface area contributed by atoms with Crippen molar-refractivity contribution in [3.8, 4) is 0 Å². The lowest BCUT2D eigenvalue weighted by atomic mass is 9.89. The van der Waals surface area contributed by atoms with Crippen LogP contribution in [0.25, 0.3) is 0 Å². The number of halogens is 1. The van der Waals surface area contributed by atoms with Crippen molar-refractivity contribution in [2.75, 3.05) is 5.32 Å². The number of anilines is 1. The molecule has 0 radical (unpaired) electrons. The first-order valence-corrected chi connectivity index (χ1v) is 7.18. The summed E-state index contributed by atoms with van der Waals surface area (Å²) in [5.74, 6) is 0. The van der Waals surface area contributed by atoms with Gasteiger partial charge in [-0.15, -0.1) is 0 Å². The molecule has 0 fully saturated rings. The molecular formula is C16H22ClN3.